The molecule has 0 amide bonds. The van der Waals surface area contributed by atoms with Crippen molar-refractivity contribution in [2.75, 3.05) is 45.4 Å². The maximum absolute atomic E-state index is 5.27. The van der Waals surface area contributed by atoms with Crippen molar-refractivity contribution in [1.82, 2.24) is 10.3 Å². The highest BCUT2D eigenvalue weighted by atomic mass is 16.5. The molecule has 0 radical (unpaired) electrons. The molecule has 0 saturated heterocycles. The first-order valence-corrected chi connectivity index (χ1v) is 7.55. The number of nitrogens with one attached hydrogen (secondary N) is 1. The Morgan fingerprint density at radius 1 is 1.29 bits per heavy atom. The van der Waals surface area contributed by atoms with Crippen LogP contribution in [0.2, 0.25) is 0 Å². The lowest BCUT2D eigenvalue weighted by molar-refractivity contribution is 0.170. The smallest absolute Gasteiger partial charge is 0.129 e. The van der Waals surface area contributed by atoms with E-state index in [-0.39, 0.29) is 6.04 Å². The number of rotatable bonds is 10. The Bertz CT molecular complexity index is 413. The number of aromatic nitrogens is 1. The van der Waals surface area contributed by atoms with E-state index in [0.29, 0.717) is 13.2 Å². The van der Waals surface area contributed by atoms with Gasteiger partial charge in [-0.15, -0.1) is 0 Å². The largest absolute Gasteiger partial charge is 0.383 e. The van der Waals surface area contributed by atoms with Crippen molar-refractivity contribution in [2.24, 2.45) is 0 Å². The number of pyridine rings is 1. The normalized spacial score (nSPS) is 12.4. The van der Waals surface area contributed by atoms with Gasteiger partial charge in [-0.2, -0.15) is 0 Å². The molecule has 1 rings (SSSR count). The first kappa shape index (κ1) is 17.9. The zero-order chi connectivity index (χ0) is 15.7. The van der Waals surface area contributed by atoms with Gasteiger partial charge in [-0.05, 0) is 32.0 Å². The number of hydrogen-bond donors (Lipinski definition) is 1. The van der Waals surface area contributed by atoms with Crippen LogP contribution in [0.5, 0.6) is 0 Å². The highest BCUT2D eigenvalue weighted by Gasteiger charge is 2.16. The van der Waals surface area contributed by atoms with Crippen molar-refractivity contribution in [3.8, 4) is 0 Å². The minimum atomic E-state index is 0.261. The first-order valence-electron chi connectivity index (χ1n) is 7.55. The van der Waals surface area contributed by atoms with Crippen molar-refractivity contribution in [3.05, 3.63) is 23.4 Å². The maximum Gasteiger partial charge on any atom is 0.129 e. The van der Waals surface area contributed by atoms with E-state index in [0.717, 1.165) is 31.1 Å². The van der Waals surface area contributed by atoms with Crippen LogP contribution in [-0.2, 0) is 16.0 Å². The molecule has 0 fully saturated rings. The minimum absolute atomic E-state index is 0.261. The van der Waals surface area contributed by atoms with Gasteiger partial charge >= 0.3 is 0 Å². The summed E-state index contributed by atoms with van der Waals surface area (Å²) in [7, 11) is 3.44. The van der Waals surface area contributed by atoms with Gasteiger partial charge in [0.05, 0.1) is 19.3 Å². The fourth-order valence-corrected chi connectivity index (χ4v) is 2.26. The molecule has 120 valence electrons. The van der Waals surface area contributed by atoms with E-state index < -0.39 is 0 Å². The first-order chi connectivity index (χ1) is 10.1. The zero-order valence-corrected chi connectivity index (χ0v) is 14.0. The van der Waals surface area contributed by atoms with E-state index in [1.165, 1.54) is 5.56 Å². The quantitative estimate of drug-likeness (QED) is 0.715. The molecule has 0 aliphatic carbocycles. The summed E-state index contributed by atoms with van der Waals surface area (Å²) in [6, 6.07) is 4.50. The fraction of sp³-hybridized carbons (Fsp3) is 0.688. The molecule has 1 aromatic rings. The second-order valence-electron chi connectivity index (χ2n) is 5.18. The van der Waals surface area contributed by atoms with Crippen LogP contribution in [0.15, 0.2) is 12.1 Å². The molecule has 0 bridgehead atoms. The zero-order valence-electron chi connectivity index (χ0n) is 14.0. The van der Waals surface area contributed by atoms with Gasteiger partial charge in [-0.25, -0.2) is 4.98 Å². The van der Waals surface area contributed by atoms with Gasteiger partial charge in [0, 0.05) is 33.0 Å². The SMILES string of the molecule is CCNCc1ccc(N(CCOC)C(C)COC)nc1C. The monoisotopic (exact) mass is 295 g/mol. The summed E-state index contributed by atoms with van der Waals surface area (Å²) in [6.45, 7) is 10.3. The van der Waals surface area contributed by atoms with Gasteiger partial charge in [0.15, 0.2) is 0 Å². The van der Waals surface area contributed by atoms with Gasteiger partial charge in [0.25, 0.3) is 0 Å². The van der Waals surface area contributed by atoms with Gasteiger partial charge in [-0.1, -0.05) is 13.0 Å². The predicted molar refractivity (Wildman–Crippen MR) is 86.9 cm³/mol. The summed E-state index contributed by atoms with van der Waals surface area (Å²) in [5, 5.41) is 3.34. The molecule has 0 aliphatic heterocycles. The van der Waals surface area contributed by atoms with E-state index in [4.69, 9.17) is 14.5 Å². The molecule has 0 saturated carbocycles. The summed E-state index contributed by atoms with van der Waals surface area (Å²) in [6.07, 6.45) is 0. The predicted octanol–water partition coefficient (Wildman–Crippen LogP) is 1.99. The van der Waals surface area contributed by atoms with Gasteiger partial charge in [-0.3, -0.25) is 0 Å². The Balaban J connectivity index is 2.88. The summed E-state index contributed by atoms with van der Waals surface area (Å²) in [5.74, 6) is 0.981. The topological polar surface area (TPSA) is 46.6 Å². The third-order valence-electron chi connectivity index (χ3n) is 3.52. The average molecular weight is 295 g/mol. The van der Waals surface area contributed by atoms with E-state index in [1.54, 1.807) is 14.2 Å². The number of anilines is 1. The minimum Gasteiger partial charge on any atom is -0.383 e. The van der Waals surface area contributed by atoms with Crippen LogP contribution in [0.25, 0.3) is 0 Å². The van der Waals surface area contributed by atoms with Crippen molar-refractivity contribution < 1.29 is 9.47 Å². The third kappa shape index (κ3) is 5.61. The number of nitrogens with zero attached hydrogens (tertiary/aromatic N) is 2. The second kappa shape index (κ2) is 9.71. The molecule has 1 unspecified atom stereocenters. The molecular weight excluding hydrogens is 266 g/mol. The van der Waals surface area contributed by atoms with E-state index in [1.807, 2.05) is 0 Å². The molecule has 21 heavy (non-hydrogen) atoms. The average Bonchev–Trinajstić information content (AvgIpc) is 2.47. The van der Waals surface area contributed by atoms with Crippen molar-refractivity contribution in [1.29, 1.82) is 0 Å². The highest BCUT2D eigenvalue weighted by Crippen LogP contribution is 2.17. The van der Waals surface area contributed by atoms with Crippen LogP contribution < -0.4 is 10.2 Å². The maximum atomic E-state index is 5.27. The van der Waals surface area contributed by atoms with Crippen LogP contribution in [0.4, 0.5) is 5.82 Å². The lowest BCUT2D eigenvalue weighted by Gasteiger charge is -2.30. The molecule has 0 spiro atoms. The Morgan fingerprint density at radius 3 is 2.62 bits per heavy atom. The van der Waals surface area contributed by atoms with Crippen molar-refractivity contribution >= 4 is 5.82 Å². The van der Waals surface area contributed by atoms with Crippen LogP contribution in [0.3, 0.4) is 0 Å². The third-order valence-corrected chi connectivity index (χ3v) is 3.52. The van der Waals surface area contributed by atoms with E-state index >= 15 is 0 Å². The molecule has 0 aliphatic rings. The van der Waals surface area contributed by atoms with Crippen LogP contribution in [-0.4, -0.2) is 51.5 Å². The van der Waals surface area contributed by atoms with Gasteiger partial charge < -0.3 is 19.7 Å². The highest BCUT2D eigenvalue weighted by molar-refractivity contribution is 5.42. The van der Waals surface area contributed by atoms with Gasteiger partial charge in [0.1, 0.15) is 5.82 Å². The molecule has 1 atom stereocenters. The Kier molecular flexibility index (Phi) is 8.27. The number of ether oxygens (including phenoxy) is 2. The number of hydrogen-bond acceptors (Lipinski definition) is 5. The molecule has 5 nitrogen and oxygen atoms in total. The van der Waals surface area contributed by atoms with E-state index in [9.17, 15) is 0 Å². The Labute approximate surface area is 128 Å². The molecule has 0 aromatic carbocycles. The van der Waals surface area contributed by atoms with Crippen LogP contribution in [0.1, 0.15) is 25.1 Å². The van der Waals surface area contributed by atoms with Crippen LogP contribution in [0, 0.1) is 6.92 Å². The molecule has 5 heteroatoms. The van der Waals surface area contributed by atoms with Crippen molar-refractivity contribution in [2.45, 2.75) is 33.4 Å². The summed E-state index contributed by atoms with van der Waals surface area (Å²) in [5.41, 5.74) is 2.31. The fourth-order valence-electron chi connectivity index (χ4n) is 2.26. The Morgan fingerprint density at radius 2 is 2.05 bits per heavy atom. The molecule has 1 N–H and O–H groups in total. The van der Waals surface area contributed by atoms with E-state index in [2.05, 4.69) is 43.1 Å². The Hall–Kier alpha value is -1.17. The standard InChI is InChI=1S/C16H29N3O2/c1-6-17-11-15-7-8-16(18-14(15)3)19(9-10-20-4)13(2)12-21-5/h7-8,13,17H,6,9-12H2,1-5H3. The van der Waals surface area contributed by atoms with Gasteiger partial charge in [0.2, 0.25) is 0 Å². The summed E-state index contributed by atoms with van der Waals surface area (Å²) >= 11 is 0. The van der Waals surface area contributed by atoms with Crippen LogP contribution >= 0.6 is 0 Å². The second-order valence-corrected chi connectivity index (χ2v) is 5.18. The lowest BCUT2D eigenvalue weighted by Crippen LogP contribution is -2.39. The van der Waals surface area contributed by atoms with Crippen molar-refractivity contribution in [3.63, 3.8) is 0 Å². The number of methoxy groups -OCH3 is 2. The molecule has 1 aromatic heterocycles. The summed E-state index contributed by atoms with van der Waals surface area (Å²) in [4.78, 5) is 6.99. The summed E-state index contributed by atoms with van der Waals surface area (Å²) < 4.78 is 10.5. The molecule has 1 heterocycles. The number of aryl methyl sites for hydroxylation is 1. The lowest BCUT2D eigenvalue weighted by atomic mass is 10.2. The molecular formula is C16H29N3O2.